The number of nitrogens with two attached hydrogens (primary N) is 1. The Labute approximate surface area is 83.9 Å². The van der Waals surface area contributed by atoms with Gasteiger partial charge in [-0.05, 0) is 6.92 Å². The maximum atomic E-state index is 5.68. The summed E-state index contributed by atoms with van der Waals surface area (Å²) in [7, 11) is 3.52. The summed E-state index contributed by atoms with van der Waals surface area (Å²) in [4.78, 5) is 10.0. The third-order valence-electron chi connectivity index (χ3n) is 1.79. The van der Waals surface area contributed by atoms with Crippen LogP contribution in [0, 0.1) is 0 Å². The van der Waals surface area contributed by atoms with Crippen LogP contribution >= 0.6 is 0 Å². The largest absolute Gasteiger partial charge is 0.481 e. The van der Waals surface area contributed by atoms with Gasteiger partial charge in [-0.3, -0.25) is 0 Å². The van der Waals surface area contributed by atoms with Gasteiger partial charge in [0.25, 0.3) is 0 Å². The second-order valence-electron chi connectivity index (χ2n) is 3.28. The van der Waals surface area contributed by atoms with Crippen LogP contribution in [-0.2, 0) is 0 Å². The summed E-state index contributed by atoms with van der Waals surface area (Å²) in [6.07, 6.45) is 1.48. The molecule has 0 saturated heterocycles. The summed E-state index contributed by atoms with van der Waals surface area (Å²) in [6, 6.07) is 1.89. The molecule has 0 aromatic carbocycles. The first-order valence-corrected chi connectivity index (χ1v) is 4.46. The molecule has 1 unspecified atom stereocenters. The van der Waals surface area contributed by atoms with Gasteiger partial charge in [0.05, 0.1) is 7.11 Å². The Kier molecular flexibility index (Phi) is 3.64. The van der Waals surface area contributed by atoms with Crippen molar-refractivity contribution in [2.24, 2.45) is 5.73 Å². The van der Waals surface area contributed by atoms with E-state index in [9.17, 15) is 0 Å². The van der Waals surface area contributed by atoms with Gasteiger partial charge in [-0.1, -0.05) is 0 Å². The summed E-state index contributed by atoms with van der Waals surface area (Å²) >= 11 is 0. The van der Waals surface area contributed by atoms with E-state index in [-0.39, 0.29) is 6.04 Å². The van der Waals surface area contributed by atoms with Crippen molar-refractivity contribution in [2.45, 2.75) is 13.0 Å². The van der Waals surface area contributed by atoms with Crippen LogP contribution in [0.15, 0.2) is 12.4 Å². The van der Waals surface area contributed by atoms with E-state index in [0.29, 0.717) is 5.88 Å². The topological polar surface area (TPSA) is 64.3 Å². The van der Waals surface area contributed by atoms with E-state index in [0.717, 1.165) is 12.4 Å². The zero-order valence-electron chi connectivity index (χ0n) is 8.77. The predicted molar refractivity (Wildman–Crippen MR) is 55.5 cm³/mol. The number of hydrogen-bond donors (Lipinski definition) is 1. The van der Waals surface area contributed by atoms with Crippen molar-refractivity contribution in [2.75, 3.05) is 25.6 Å². The average Bonchev–Trinajstić information content (AvgIpc) is 2.17. The molecule has 1 aromatic heterocycles. The molecule has 14 heavy (non-hydrogen) atoms. The highest BCUT2D eigenvalue weighted by molar-refractivity contribution is 5.39. The number of rotatable bonds is 4. The Hall–Kier alpha value is -1.36. The minimum atomic E-state index is 0.112. The number of likely N-dealkylation sites (N-methyl/N-ethyl adjacent to an activating group) is 1. The van der Waals surface area contributed by atoms with Gasteiger partial charge in [-0.15, -0.1) is 0 Å². The maximum Gasteiger partial charge on any atom is 0.218 e. The molecule has 0 amide bonds. The number of hydrogen-bond acceptors (Lipinski definition) is 5. The van der Waals surface area contributed by atoms with E-state index >= 15 is 0 Å². The van der Waals surface area contributed by atoms with Gasteiger partial charge in [0, 0.05) is 25.7 Å². The zero-order valence-corrected chi connectivity index (χ0v) is 8.77. The molecule has 1 heterocycles. The van der Waals surface area contributed by atoms with E-state index < -0.39 is 0 Å². The van der Waals surface area contributed by atoms with Gasteiger partial charge in [0.1, 0.15) is 12.1 Å². The minimum Gasteiger partial charge on any atom is -0.481 e. The van der Waals surface area contributed by atoms with Gasteiger partial charge < -0.3 is 15.4 Å². The van der Waals surface area contributed by atoms with Crippen LogP contribution in [0.3, 0.4) is 0 Å². The Morgan fingerprint density at radius 1 is 1.57 bits per heavy atom. The number of methoxy groups -OCH3 is 1. The summed E-state index contributed by atoms with van der Waals surface area (Å²) < 4.78 is 5.00. The quantitative estimate of drug-likeness (QED) is 0.748. The highest BCUT2D eigenvalue weighted by Crippen LogP contribution is 2.13. The fraction of sp³-hybridized carbons (Fsp3) is 0.556. The van der Waals surface area contributed by atoms with Gasteiger partial charge >= 0.3 is 0 Å². The molecular weight excluding hydrogens is 180 g/mol. The Morgan fingerprint density at radius 2 is 2.29 bits per heavy atom. The lowest BCUT2D eigenvalue weighted by Gasteiger charge is -2.20. The van der Waals surface area contributed by atoms with E-state index in [1.165, 1.54) is 6.33 Å². The lowest BCUT2D eigenvalue weighted by atomic mass is 10.3. The first-order chi connectivity index (χ1) is 6.63. The van der Waals surface area contributed by atoms with Crippen molar-refractivity contribution in [3.63, 3.8) is 0 Å². The summed E-state index contributed by atoms with van der Waals surface area (Å²) in [5, 5.41) is 0. The molecule has 0 radical (unpaired) electrons. The molecular formula is C9H16N4O. The standard InChI is InChI=1S/C9H16N4O/c1-7(10)5-13(2)8-4-9(14-3)12-6-11-8/h4,6-7H,5,10H2,1-3H3. The van der Waals surface area contributed by atoms with Crippen LogP contribution < -0.4 is 15.4 Å². The SMILES string of the molecule is COc1cc(N(C)CC(C)N)ncn1. The van der Waals surface area contributed by atoms with Crippen LogP contribution in [0.25, 0.3) is 0 Å². The van der Waals surface area contributed by atoms with Gasteiger partial charge in [0.15, 0.2) is 0 Å². The molecule has 0 aliphatic carbocycles. The van der Waals surface area contributed by atoms with Crippen molar-refractivity contribution in [1.82, 2.24) is 9.97 Å². The van der Waals surface area contributed by atoms with Gasteiger partial charge in [0.2, 0.25) is 5.88 Å². The first-order valence-electron chi connectivity index (χ1n) is 4.46. The van der Waals surface area contributed by atoms with Gasteiger partial charge in [-0.25, -0.2) is 9.97 Å². The van der Waals surface area contributed by atoms with Crippen LogP contribution in [-0.4, -0.2) is 36.7 Å². The fourth-order valence-electron chi connectivity index (χ4n) is 1.18. The molecule has 0 aliphatic heterocycles. The summed E-state index contributed by atoms with van der Waals surface area (Å²) in [5.41, 5.74) is 5.68. The third-order valence-corrected chi connectivity index (χ3v) is 1.79. The molecule has 0 bridgehead atoms. The van der Waals surface area contributed by atoms with E-state index in [2.05, 4.69) is 9.97 Å². The monoisotopic (exact) mass is 196 g/mol. The minimum absolute atomic E-state index is 0.112. The Bertz CT molecular complexity index is 290. The van der Waals surface area contributed by atoms with Crippen molar-refractivity contribution in [3.8, 4) is 5.88 Å². The highest BCUT2D eigenvalue weighted by atomic mass is 16.5. The normalized spacial score (nSPS) is 12.3. The maximum absolute atomic E-state index is 5.68. The molecule has 0 spiro atoms. The predicted octanol–water partition coefficient (Wildman–Crippen LogP) is 0.269. The molecule has 5 heteroatoms. The van der Waals surface area contributed by atoms with E-state index in [1.807, 2.05) is 18.9 Å². The van der Waals surface area contributed by atoms with Crippen molar-refractivity contribution in [3.05, 3.63) is 12.4 Å². The second-order valence-corrected chi connectivity index (χ2v) is 3.28. The lowest BCUT2D eigenvalue weighted by Crippen LogP contribution is -2.33. The van der Waals surface area contributed by atoms with E-state index in [4.69, 9.17) is 10.5 Å². The molecule has 5 nitrogen and oxygen atoms in total. The smallest absolute Gasteiger partial charge is 0.218 e. The first kappa shape index (κ1) is 10.7. The molecule has 1 aromatic rings. The molecule has 0 saturated carbocycles. The van der Waals surface area contributed by atoms with Crippen LogP contribution in [0.4, 0.5) is 5.82 Å². The Morgan fingerprint density at radius 3 is 2.86 bits per heavy atom. The Balaban J connectivity index is 2.73. The third kappa shape index (κ3) is 2.85. The van der Waals surface area contributed by atoms with Crippen LogP contribution in [0.2, 0.25) is 0 Å². The molecule has 78 valence electrons. The summed E-state index contributed by atoms with van der Waals surface area (Å²) in [5.74, 6) is 1.38. The second kappa shape index (κ2) is 4.76. The number of nitrogens with zero attached hydrogens (tertiary/aromatic N) is 3. The average molecular weight is 196 g/mol. The fourth-order valence-corrected chi connectivity index (χ4v) is 1.18. The van der Waals surface area contributed by atoms with Gasteiger partial charge in [-0.2, -0.15) is 0 Å². The number of ether oxygens (including phenoxy) is 1. The van der Waals surface area contributed by atoms with Crippen molar-refractivity contribution < 1.29 is 4.74 Å². The molecule has 0 fully saturated rings. The summed E-state index contributed by atoms with van der Waals surface area (Å²) in [6.45, 7) is 2.70. The number of anilines is 1. The van der Waals surface area contributed by atoms with Crippen LogP contribution in [0.5, 0.6) is 5.88 Å². The highest BCUT2D eigenvalue weighted by Gasteiger charge is 2.06. The molecule has 1 atom stereocenters. The van der Waals surface area contributed by atoms with Crippen molar-refractivity contribution >= 4 is 5.82 Å². The van der Waals surface area contributed by atoms with Crippen molar-refractivity contribution in [1.29, 1.82) is 0 Å². The zero-order chi connectivity index (χ0) is 10.6. The van der Waals surface area contributed by atoms with E-state index in [1.54, 1.807) is 13.2 Å². The number of aromatic nitrogens is 2. The lowest BCUT2D eigenvalue weighted by molar-refractivity contribution is 0.397. The molecule has 1 rings (SSSR count). The molecule has 2 N–H and O–H groups in total. The molecule has 0 aliphatic rings. The van der Waals surface area contributed by atoms with Crippen LogP contribution in [0.1, 0.15) is 6.92 Å².